The van der Waals surface area contributed by atoms with Crippen LogP contribution < -0.4 is 4.74 Å². The summed E-state index contributed by atoms with van der Waals surface area (Å²) in [5, 5.41) is 10.9. The Balaban J connectivity index is 3.14. The molecule has 0 radical (unpaired) electrons. The highest BCUT2D eigenvalue weighted by Gasteiger charge is 2.30. The minimum Gasteiger partial charge on any atom is -0.479 e. The molecule has 1 aromatic carbocycles. The molecule has 6 nitrogen and oxygen atoms in total. The predicted molar refractivity (Wildman–Crippen MR) is 83.0 cm³/mol. The highest BCUT2D eigenvalue weighted by Crippen LogP contribution is 2.50. The average Bonchev–Trinajstić information content (AvgIpc) is 2.36. The van der Waals surface area contributed by atoms with Crippen molar-refractivity contribution in [3.8, 4) is 5.75 Å². The van der Waals surface area contributed by atoms with Crippen LogP contribution in [0.15, 0.2) is 12.1 Å². The molecule has 0 aromatic heterocycles. The van der Waals surface area contributed by atoms with E-state index < -0.39 is 18.1 Å². The van der Waals surface area contributed by atoms with Crippen LogP contribution in [0.1, 0.15) is 20.3 Å². The second-order valence-corrected chi connectivity index (χ2v) is 7.76. The quantitative estimate of drug-likeness (QED) is 0.392. The lowest BCUT2D eigenvalue weighted by molar-refractivity contribution is -0.384. The fourth-order valence-electron chi connectivity index (χ4n) is 1.75. The molecule has 0 fully saturated rings. The Kier molecular flexibility index (Phi) is 6.47. The van der Waals surface area contributed by atoms with E-state index in [1.807, 2.05) is 0 Å². The summed E-state index contributed by atoms with van der Waals surface area (Å²) in [6.45, 7) is 5.24. The molecular formula is C12H16Cl2NO5P. The third kappa shape index (κ3) is 4.58. The van der Waals surface area contributed by atoms with Crippen molar-refractivity contribution in [1.82, 2.24) is 0 Å². The summed E-state index contributed by atoms with van der Waals surface area (Å²) in [5.41, 5.74) is -0.326. The molecule has 9 heteroatoms. The Morgan fingerprint density at radius 3 is 2.43 bits per heavy atom. The van der Waals surface area contributed by atoms with Gasteiger partial charge in [-0.05, 0) is 19.4 Å². The summed E-state index contributed by atoms with van der Waals surface area (Å²) in [7, 11) is -3.02. The molecule has 2 atom stereocenters. The van der Waals surface area contributed by atoms with Crippen molar-refractivity contribution in [2.24, 2.45) is 0 Å². The molecule has 0 spiro atoms. The van der Waals surface area contributed by atoms with Crippen LogP contribution in [0, 0.1) is 10.1 Å². The number of hydrogen-bond donors (Lipinski definition) is 0. The van der Waals surface area contributed by atoms with Crippen molar-refractivity contribution in [3.05, 3.63) is 32.3 Å². The van der Waals surface area contributed by atoms with Crippen molar-refractivity contribution in [2.45, 2.75) is 26.1 Å². The summed E-state index contributed by atoms with van der Waals surface area (Å²) in [4.78, 5) is 10.2. The highest BCUT2D eigenvalue weighted by molar-refractivity contribution is 7.58. The summed E-state index contributed by atoms with van der Waals surface area (Å²) in [5.74, 6) is -0.683. The Morgan fingerprint density at radius 2 is 1.95 bits per heavy atom. The first-order chi connectivity index (χ1) is 9.72. The van der Waals surface area contributed by atoms with Crippen molar-refractivity contribution in [1.29, 1.82) is 0 Å². The maximum absolute atomic E-state index is 12.4. The minimum absolute atomic E-state index is 0.0568. The Hall–Kier alpha value is -0.810. The van der Waals surface area contributed by atoms with E-state index in [0.717, 1.165) is 6.07 Å². The summed E-state index contributed by atoms with van der Waals surface area (Å²) < 4.78 is 23.2. The molecule has 0 N–H and O–H groups in total. The van der Waals surface area contributed by atoms with E-state index in [4.69, 9.17) is 32.5 Å². The zero-order valence-electron chi connectivity index (χ0n) is 11.8. The average molecular weight is 356 g/mol. The van der Waals surface area contributed by atoms with Gasteiger partial charge in [0.05, 0.1) is 22.6 Å². The SMILES string of the molecule is CCOP(C)(=O)C(CC)Oc1cc([N+](=O)[O-])c(Cl)cc1Cl. The number of nitrogens with zero attached hydrogens (tertiary/aromatic N) is 1. The van der Waals surface area contributed by atoms with Gasteiger partial charge in [0.15, 0.2) is 5.85 Å². The van der Waals surface area contributed by atoms with E-state index in [2.05, 4.69) is 0 Å². The number of nitro groups is 1. The van der Waals surface area contributed by atoms with Crippen LogP contribution in [0.3, 0.4) is 0 Å². The first kappa shape index (κ1) is 18.2. The van der Waals surface area contributed by atoms with Crippen molar-refractivity contribution < 1.29 is 18.7 Å². The molecule has 21 heavy (non-hydrogen) atoms. The van der Waals surface area contributed by atoms with Crippen LogP contribution in [0.5, 0.6) is 5.75 Å². The molecule has 0 saturated carbocycles. The highest BCUT2D eigenvalue weighted by atomic mass is 35.5. The zero-order valence-corrected chi connectivity index (χ0v) is 14.2. The first-order valence-corrected chi connectivity index (χ1v) is 9.14. The second-order valence-electron chi connectivity index (χ2n) is 4.30. The normalized spacial score (nSPS) is 15.3. The van der Waals surface area contributed by atoms with Gasteiger partial charge in [-0.3, -0.25) is 14.7 Å². The fraction of sp³-hybridized carbons (Fsp3) is 0.500. The maximum Gasteiger partial charge on any atom is 0.291 e. The standard InChI is InChI=1S/C12H16Cl2NO5P/c1-4-12(21(3,18)19-5-2)20-11-7-10(15(16)17)8(13)6-9(11)14/h6-7,12H,4-5H2,1-3H3. The van der Waals surface area contributed by atoms with Crippen molar-refractivity contribution in [2.75, 3.05) is 13.3 Å². The van der Waals surface area contributed by atoms with Crippen LogP contribution >= 0.6 is 30.6 Å². The molecule has 2 unspecified atom stereocenters. The van der Waals surface area contributed by atoms with Gasteiger partial charge in [-0.25, -0.2) is 0 Å². The van der Waals surface area contributed by atoms with Crippen LogP contribution in [0.4, 0.5) is 5.69 Å². The molecule has 0 heterocycles. The molecule has 0 aliphatic rings. The van der Waals surface area contributed by atoms with Crippen molar-refractivity contribution >= 4 is 36.3 Å². The summed E-state index contributed by atoms with van der Waals surface area (Å²) in [6, 6.07) is 2.35. The van der Waals surface area contributed by atoms with Gasteiger partial charge >= 0.3 is 0 Å². The molecule has 1 rings (SSSR count). The second kappa shape index (κ2) is 7.45. The first-order valence-electron chi connectivity index (χ1n) is 6.24. The van der Waals surface area contributed by atoms with Gasteiger partial charge < -0.3 is 9.26 Å². The number of halogens is 2. The van der Waals surface area contributed by atoms with E-state index in [1.54, 1.807) is 13.8 Å². The van der Waals surface area contributed by atoms with Crippen LogP contribution in [-0.4, -0.2) is 24.0 Å². The number of rotatable bonds is 7. The van der Waals surface area contributed by atoms with E-state index >= 15 is 0 Å². The number of nitro benzene ring substituents is 1. The third-order valence-electron chi connectivity index (χ3n) is 2.72. The Morgan fingerprint density at radius 1 is 1.33 bits per heavy atom. The van der Waals surface area contributed by atoms with E-state index in [9.17, 15) is 14.7 Å². The van der Waals surface area contributed by atoms with Gasteiger partial charge in [0.25, 0.3) is 5.69 Å². The lowest BCUT2D eigenvalue weighted by Crippen LogP contribution is -2.17. The van der Waals surface area contributed by atoms with Gasteiger partial charge in [-0.15, -0.1) is 0 Å². The smallest absolute Gasteiger partial charge is 0.291 e. The lowest BCUT2D eigenvalue weighted by atomic mass is 10.3. The molecule has 0 aliphatic carbocycles. The molecule has 0 aliphatic heterocycles. The number of ether oxygens (including phenoxy) is 1. The number of hydrogen-bond acceptors (Lipinski definition) is 5. The molecule has 0 saturated heterocycles. The molecule has 0 amide bonds. The molecule has 118 valence electrons. The molecule has 0 bridgehead atoms. The van der Waals surface area contributed by atoms with Crippen LogP contribution in [-0.2, 0) is 9.09 Å². The Labute approximate surface area is 132 Å². The van der Waals surface area contributed by atoms with Gasteiger partial charge in [-0.2, -0.15) is 0 Å². The monoisotopic (exact) mass is 355 g/mol. The van der Waals surface area contributed by atoms with Crippen molar-refractivity contribution in [3.63, 3.8) is 0 Å². The summed E-state index contributed by atoms with van der Waals surface area (Å²) in [6.07, 6.45) is 0.403. The van der Waals surface area contributed by atoms with Crippen LogP contribution in [0.2, 0.25) is 10.0 Å². The topological polar surface area (TPSA) is 78.7 Å². The summed E-state index contributed by atoms with van der Waals surface area (Å²) >= 11 is 11.7. The lowest BCUT2D eigenvalue weighted by Gasteiger charge is -2.24. The van der Waals surface area contributed by atoms with Gasteiger partial charge in [0.1, 0.15) is 10.8 Å². The molecular weight excluding hydrogens is 340 g/mol. The van der Waals surface area contributed by atoms with Crippen LogP contribution in [0.25, 0.3) is 0 Å². The zero-order chi connectivity index (χ0) is 16.2. The largest absolute Gasteiger partial charge is 0.479 e. The third-order valence-corrected chi connectivity index (χ3v) is 5.60. The maximum atomic E-state index is 12.4. The van der Waals surface area contributed by atoms with Gasteiger partial charge in [0.2, 0.25) is 7.37 Å². The van der Waals surface area contributed by atoms with E-state index in [-0.39, 0.29) is 28.1 Å². The van der Waals surface area contributed by atoms with Gasteiger partial charge in [-0.1, -0.05) is 30.1 Å². The fourth-order valence-corrected chi connectivity index (χ4v) is 3.89. The number of benzene rings is 1. The minimum atomic E-state index is -3.02. The Bertz CT molecular complexity index is 581. The predicted octanol–water partition coefficient (Wildman–Crippen LogP) is 4.96. The van der Waals surface area contributed by atoms with Gasteiger partial charge in [0, 0.05) is 6.66 Å². The molecule has 1 aromatic rings. The van der Waals surface area contributed by atoms with E-state index in [1.165, 1.54) is 12.7 Å². The van der Waals surface area contributed by atoms with E-state index in [0.29, 0.717) is 6.42 Å².